The first-order valence-corrected chi connectivity index (χ1v) is 6.99. The Kier molecular flexibility index (Phi) is 4.56. The van der Waals surface area contributed by atoms with Crippen molar-refractivity contribution in [1.82, 2.24) is 9.71 Å². The summed E-state index contributed by atoms with van der Waals surface area (Å²) in [4.78, 5) is 14.1. The van der Waals surface area contributed by atoms with Crippen LogP contribution in [0.1, 0.15) is 5.69 Å². The molecule has 100 valence electrons. The van der Waals surface area contributed by atoms with Crippen molar-refractivity contribution < 1.29 is 13.3 Å². The van der Waals surface area contributed by atoms with Crippen LogP contribution in [0.2, 0.25) is 0 Å². The topological polar surface area (TPSA) is 114 Å². The van der Waals surface area contributed by atoms with Gasteiger partial charge < -0.3 is 5.32 Å². The Morgan fingerprint density at radius 1 is 1.39 bits per heavy atom. The van der Waals surface area contributed by atoms with E-state index in [-0.39, 0.29) is 12.2 Å². The Morgan fingerprint density at radius 3 is 2.56 bits per heavy atom. The molecule has 0 fully saturated rings. The number of pyridine rings is 1. The second kappa shape index (κ2) is 5.74. The van der Waals surface area contributed by atoms with Crippen LogP contribution in [0.15, 0.2) is 12.1 Å². The summed E-state index contributed by atoms with van der Waals surface area (Å²) in [6.07, 6.45) is 1.07. The summed E-state index contributed by atoms with van der Waals surface area (Å²) in [7, 11) is -3.20. The van der Waals surface area contributed by atoms with Gasteiger partial charge in [-0.2, -0.15) is 0 Å². The number of anilines is 1. The van der Waals surface area contributed by atoms with E-state index in [1.165, 1.54) is 19.1 Å². The van der Waals surface area contributed by atoms with E-state index >= 15 is 0 Å². The number of nitrogens with zero attached hydrogens (tertiary/aromatic N) is 2. The van der Waals surface area contributed by atoms with Crippen LogP contribution in [-0.2, 0) is 10.0 Å². The molecule has 0 aliphatic rings. The third kappa shape index (κ3) is 4.63. The number of aromatic nitrogens is 1. The quantitative estimate of drug-likeness (QED) is 0.437. The van der Waals surface area contributed by atoms with Crippen LogP contribution in [0.3, 0.4) is 0 Å². The molecular weight excluding hydrogens is 260 g/mol. The average molecular weight is 274 g/mol. The largest absolute Gasteiger partial charge is 0.369 e. The number of sulfonamides is 1. The number of aryl methyl sites for hydroxylation is 1. The standard InChI is InChI=1S/C9H14N4O4S/c1-7-8(13(14)15)3-4-9(12-7)10-5-6-11-18(2,16)17/h3-4,11H,5-6H2,1-2H3,(H,10,12). The Hall–Kier alpha value is -1.74. The second-order valence-corrected chi connectivity index (χ2v) is 5.48. The van der Waals surface area contributed by atoms with Gasteiger partial charge >= 0.3 is 0 Å². The molecule has 8 nitrogen and oxygen atoms in total. The third-order valence-electron chi connectivity index (χ3n) is 2.05. The van der Waals surface area contributed by atoms with Crippen molar-refractivity contribution in [2.24, 2.45) is 0 Å². The van der Waals surface area contributed by atoms with Gasteiger partial charge in [0.2, 0.25) is 10.0 Å². The van der Waals surface area contributed by atoms with Crippen LogP contribution in [-0.4, -0.2) is 37.7 Å². The summed E-state index contributed by atoms with van der Waals surface area (Å²) in [5, 5.41) is 13.4. The van der Waals surface area contributed by atoms with E-state index in [9.17, 15) is 18.5 Å². The highest BCUT2D eigenvalue weighted by molar-refractivity contribution is 7.88. The maximum atomic E-state index is 10.8. The van der Waals surface area contributed by atoms with Crippen LogP contribution >= 0.6 is 0 Å². The molecule has 18 heavy (non-hydrogen) atoms. The van der Waals surface area contributed by atoms with E-state index in [1.54, 1.807) is 0 Å². The van der Waals surface area contributed by atoms with Gasteiger partial charge in [-0.15, -0.1) is 0 Å². The Bertz CT molecular complexity index is 543. The number of nitrogens with one attached hydrogen (secondary N) is 2. The minimum atomic E-state index is -3.20. The van der Waals surface area contributed by atoms with Crippen molar-refractivity contribution in [1.29, 1.82) is 0 Å². The number of nitro groups is 1. The molecule has 0 bridgehead atoms. The molecule has 0 atom stereocenters. The molecule has 0 saturated heterocycles. The minimum absolute atomic E-state index is 0.0465. The van der Waals surface area contributed by atoms with Crippen LogP contribution in [0, 0.1) is 17.0 Å². The average Bonchev–Trinajstić information content (AvgIpc) is 2.22. The van der Waals surface area contributed by atoms with Crippen LogP contribution in [0.4, 0.5) is 11.5 Å². The highest BCUT2D eigenvalue weighted by Gasteiger charge is 2.11. The molecule has 0 radical (unpaired) electrons. The molecule has 0 amide bonds. The summed E-state index contributed by atoms with van der Waals surface area (Å²) in [6, 6.07) is 2.83. The Balaban J connectivity index is 2.54. The minimum Gasteiger partial charge on any atom is -0.369 e. The van der Waals surface area contributed by atoms with E-state index < -0.39 is 14.9 Å². The molecule has 1 aromatic rings. The molecule has 0 spiro atoms. The van der Waals surface area contributed by atoms with Crippen LogP contribution < -0.4 is 10.0 Å². The van der Waals surface area contributed by atoms with Gasteiger partial charge in [0.05, 0.1) is 11.2 Å². The van der Waals surface area contributed by atoms with E-state index in [2.05, 4.69) is 15.0 Å². The zero-order valence-electron chi connectivity index (χ0n) is 10.0. The lowest BCUT2D eigenvalue weighted by molar-refractivity contribution is -0.385. The molecule has 9 heteroatoms. The van der Waals surface area contributed by atoms with Crippen molar-refractivity contribution in [3.05, 3.63) is 27.9 Å². The third-order valence-corrected chi connectivity index (χ3v) is 2.78. The van der Waals surface area contributed by atoms with Crippen molar-refractivity contribution in [2.75, 3.05) is 24.7 Å². The monoisotopic (exact) mass is 274 g/mol. The highest BCUT2D eigenvalue weighted by atomic mass is 32.2. The second-order valence-electron chi connectivity index (χ2n) is 3.65. The zero-order chi connectivity index (χ0) is 13.8. The van der Waals surface area contributed by atoms with Crippen molar-refractivity contribution >= 4 is 21.5 Å². The molecule has 0 aliphatic heterocycles. The molecule has 0 saturated carbocycles. The van der Waals surface area contributed by atoms with E-state index in [0.29, 0.717) is 18.1 Å². The molecular formula is C9H14N4O4S. The normalized spacial score (nSPS) is 11.2. The molecule has 0 unspecified atom stereocenters. The summed E-state index contributed by atoms with van der Waals surface area (Å²) in [5.41, 5.74) is 0.260. The first kappa shape index (κ1) is 14.3. The predicted molar refractivity (Wildman–Crippen MR) is 67.0 cm³/mol. The fourth-order valence-corrected chi connectivity index (χ4v) is 1.74. The Labute approximate surface area is 105 Å². The van der Waals surface area contributed by atoms with E-state index in [0.717, 1.165) is 6.26 Å². The molecule has 2 N–H and O–H groups in total. The summed E-state index contributed by atoms with van der Waals surface area (Å²) in [6.45, 7) is 2.10. The number of hydrogen-bond donors (Lipinski definition) is 2. The van der Waals surface area contributed by atoms with Crippen molar-refractivity contribution in [2.45, 2.75) is 6.92 Å². The van der Waals surface area contributed by atoms with Crippen molar-refractivity contribution in [3.63, 3.8) is 0 Å². The van der Waals surface area contributed by atoms with Crippen LogP contribution in [0.5, 0.6) is 0 Å². The molecule has 1 aromatic heterocycles. The molecule has 0 aliphatic carbocycles. The summed E-state index contributed by atoms with van der Waals surface area (Å²) in [5.74, 6) is 0.466. The maximum absolute atomic E-state index is 10.8. The van der Waals surface area contributed by atoms with Gasteiger partial charge in [-0.25, -0.2) is 18.1 Å². The highest BCUT2D eigenvalue weighted by Crippen LogP contribution is 2.17. The lowest BCUT2D eigenvalue weighted by Crippen LogP contribution is -2.27. The summed E-state index contributed by atoms with van der Waals surface area (Å²) < 4.78 is 23.9. The SMILES string of the molecule is Cc1nc(NCCNS(C)(=O)=O)ccc1[N+](=O)[O-]. The fraction of sp³-hybridized carbons (Fsp3) is 0.444. The molecule has 0 aromatic carbocycles. The fourth-order valence-electron chi connectivity index (χ4n) is 1.27. The lowest BCUT2D eigenvalue weighted by Gasteiger charge is -2.06. The van der Waals surface area contributed by atoms with Crippen LogP contribution in [0.25, 0.3) is 0 Å². The Morgan fingerprint density at radius 2 is 2.06 bits per heavy atom. The zero-order valence-corrected chi connectivity index (χ0v) is 10.8. The van der Waals surface area contributed by atoms with Gasteiger partial charge in [0.25, 0.3) is 5.69 Å². The van der Waals surface area contributed by atoms with Gasteiger partial charge in [-0.05, 0) is 13.0 Å². The smallest absolute Gasteiger partial charge is 0.290 e. The number of hydrogen-bond acceptors (Lipinski definition) is 6. The van der Waals surface area contributed by atoms with Gasteiger partial charge in [0.15, 0.2) is 0 Å². The molecule has 1 rings (SSSR count). The van der Waals surface area contributed by atoms with Gasteiger partial charge in [-0.1, -0.05) is 0 Å². The lowest BCUT2D eigenvalue weighted by atomic mass is 10.3. The first-order chi connectivity index (χ1) is 8.29. The maximum Gasteiger partial charge on any atom is 0.290 e. The predicted octanol–water partition coefficient (Wildman–Crippen LogP) is 0.259. The number of rotatable bonds is 6. The van der Waals surface area contributed by atoms with Gasteiger partial charge in [0.1, 0.15) is 11.5 Å². The van der Waals surface area contributed by atoms with E-state index in [4.69, 9.17) is 0 Å². The first-order valence-electron chi connectivity index (χ1n) is 5.10. The van der Waals surface area contributed by atoms with Crippen molar-refractivity contribution in [3.8, 4) is 0 Å². The van der Waals surface area contributed by atoms with Gasteiger partial charge in [0, 0.05) is 19.2 Å². The summed E-state index contributed by atoms with van der Waals surface area (Å²) >= 11 is 0. The molecule has 1 heterocycles. The van der Waals surface area contributed by atoms with E-state index in [1.807, 2.05) is 0 Å². The van der Waals surface area contributed by atoms with Gasteiger partial charge in [-0.3, -0.25) is 10.1 Å².